The summed E-state index contributed by atoms with van der Waals surface area (Å²) < 4.78 is 25.0. The van der Waals surface area contributed by atoms with E-state index in [1.807, 2.05) is 23.1 Å². The van der Waals surface area contributed by atoms with Crippen LogP contribution in [-0.2, 0) is 10.0 Å². The highest BCUT2D eigenvalue weighted by atomic mass is 32.2. The Bertz CT molecular complexity index is 564. The Labute approximate surface area is 126 Å². The van der Waals surface area contributed by atoms with Gasteiger partial charge in [0.2, 0.25) is 10.0 Å². The van der Waals surface area contributed by atoms with Gasteiger partial charge in [-0.1, -0.05) is 6.07 Å². The lowest BCUT2D eigenvalue weighted by atomic mass is 9.93. The van der Waals surface area contributed by atoms with Crippen molar-refractivity contribution in [1.29, 1.82) is 0 Å². The molecule has 0 aliphatic carbocycles. The molecule has 1 saturated heterocycles. The third kappa shape index (κ3) is 3.93. The van der Waals surface area contributed by atoms with Gasteiger partial charge >= 0.3 is 0 Å². The van der Waals surface area contributed by atoms with Gasteiger partial charge in [-0.2, -0.15) is 0 Å². The summed E-state index contributed by atoms with van der Waals surface area (Å²) in [5, 5.41) is 10.8. The molecule has 0 aromatic carbocycles. The first-order valence-corrected chi connectivity index (χ1v) is 8.80. The molecule has 1 aliphatic heterocycles. The molecule has 7 heteroatoms. The SMILES string of the molecule is CCS(=O)(=O)N(C)CC1(O)CCCN(c2ccccn2)C1. The molecule has 2 heterocycles. The Hall–Kier alpha value is -1.18. The fraction of sp³-hybridized carbons (Fsp3) is 0.643. The number of sulfonamides is 1. The molecule has 1 aliphatic rings. The fourth-order valence-electron chi connectivity index (χ4n) is 2.71. The van der Waals surface area contributed by atoms with E-state index in [0.717, 1.165) is 18.8 Å². The molecule has 0 saturated carbocycles. The van der Waals surface area contributed by atoms with Crippen molar-refractivity contribution < 1.29 is 13.5 Å². The quantitative estimate of drug-likeness (QED) is 0.866. The van der Waals surface area contributed by atoms with Crippen molar-refractivity contribution in [2.75, 3.05) is 37.3 Å². The number of hydrogen-bond donors (Lipinski definition) is 1. The molecule has 1 aromatic heterocycles. The summed E-state index contributed by atoms with van der Waals surface area (Å²) >= 11 is 0. The van der Waals surface area contributed by atoms with Crippen molar-refractivity contribution in [3.63, 3.8) is 0 Å². The smallest absolute Gasteiger partial charge is 0.213 e. The number of rotatable bonds is 5. The molecule has 0 amide bonds. The Morgan fingerprint density at radius 3 is 2.86 bits per heavy atom. The summed E-state index contributed by atoms with van der Waals surface area (Å²) in [7, 11) is -1.75. The first-order valence-electron chi connectivity index (χ1n) is 7.19. The summed E-state index contributed by atoms with van der Waals surface area (Å²) in [4.78, 5) is 6.30. The molecule has 1 N–H and O–H groups in total. The van der Waals surface area contributed by atoms with E-state index in [4.69, 9.17) is 0 Å². The second-order valence-corrected chi connectivity index (χ2v) is 7.96. The largest absolute Gasteiger partial charge is 0.387 e. The fourth-order valence-corrected chi connectivity index (χ4v) is 3.59. The van der Waals surface area contributed by atoms with Crippen LogP contribution in [0.4, 0.5) is 5.82 Å². The van der Waals surface area contributed by atoms with Crippen LogP contribution in [0.2, 0.25) is 0 Å². The van der Waals surface area contributed by atoms with E-state index >= 15 is 0 Å². The summed E-state index contributed by atoms with van der Waals surface area (Å²) in [6.45, 7) is 2.95. The molecular weight excluding hydrogens is 290 g/mol. The maximum atomic E-state index is 11.9. The lowest BCUT2D eigenvalue weighted by Gasteiger charge is -2.41. The number of pyridine rings is 1. The van der Waals surface area contributed by atoms with Gasteiger partial charge in [0.05, 0.1) is 11.4 Å². The number of hydrogen-bond acceptors (Lipinski definition) is 5. The van der Waals surface area contributed by atoms with Crippen molar-refractivity contribution in [1.82, 2.24) is 9.29 Å². The van der Waals surface area contributed by atoms with Crippen molar-refractivity contribution in [3.05, 3.63) is 24.4 Å². The Morgan fingerprint density at radius 1 is 1.48 bits per heavy atom. The minimum absolute atomic E-state index is 0.0452. The van der Waals surface area contributed by atoms with E-state index in [1.54, 1.807) is 13.1 Å². The summed E-state index contributed by atoms with van der Waals surface area (Å²) in [5.41, 5.74) is -1.03. The van der Waals surface area contributed by atoms with Crippen LogP contribution in [0.1, 0.15) is 19.8 Å². The summed E-state index contributed by atoms with van der Waals surface area (Å²) in [5.74, 6) is 0.861. The highest BCUT2D eigenvalue weighted by molar-refractivity contribution is 7.89. The molecule has 21 heavy (non-hydrogen) atoms. The maximum Gasteiger partial charge on any atom is 0.213 e. The van der Waals surface area contributed by atoms with Crippen molar-refractivity contribution >= 4 is 15.8 Å². The lowest BCUT2D eigenvalue weighted by Crippen LogP contribution is -2.55. The summed E-state index contributed by atoms with van der Waals surface area (Å²) in [6, 6.07) is 5.66. The average Bonchev–Trinajstić information content (AvgIpc) is 2.47. The number of aromatic nitrogens is 1. The zero-order chi connectivity index (χ0) is 15.5. The zero-order valence-electron chi connectivity index (χ0n) is 12.6. The Balaban J connectivity index is 2.09. The molecule has 1 unspecified atom stereocenters. The van der Waals surface area contributed by atoms with E-state index in [2.05, 4.69) is 4.98 Å². The van der Waals surface area contributed by atoms with Crippen LogP contribution in [0, 0.1) is 0 Å². The molecule has 0 radical (unpaired) electrons. The Morgan fingerprint density at radius 2 is 2.24 bits per heavy atom. The predicted octanol–water partition coefficient (Wildman–Crippen LogP) is 0.694. The van der Waals surface area contributed by atoms with Gasteiger partial charge in [-0.15, -0.1) is 0 Å². The topological polar surface area (TPSA) is 73.7 Å². The molecule has 1 atom stereocenters. The molecule has 6 nitrogen and oxygen atoms in total. The zero-order valence-corrected chi connectivity index (χ0v) is 13.4. The molecule has 2 rings (SSSR count). The van der Waals surface area contributed by atoms with Gasteiger partial charge in [0.25, 0.3) is 0 Å². The minimum Gasteiger partial charge on any atom is -0.387 e. The first-order chi connectivity index (χ1) is 9.86. The van der Waals surface area contributed by atoms with Crippen LogP contribution in [-0.4, -0.2) is 60.8 Å². The van der Waals surface area contributed by atoms with Gasteiger partial charge in [0, 0.05) is 32.9 Å². The number of nitrogens with zero attached hydrogens (tertiary/aromatic N) is 3. The molecule has 0 spiro atoms. The molecule has 1 aromatic rings. The van der Waals surface area contributed by atoms with Crippen molar-refractivity contribution in [2.45, 2.75) is 25.4 Å². The highest BCUT2D eigenvalue weighted by Gasteiger charge is 2.36. The first kappa shape index (κ1) is 16.2. The predicted molar refractivity (Wildman–Crippen MR) is 82.7 cm³/mol. The van der Waals surface area contributed by atoms with Crippen LogP contribution in [0.5, 0.6) is 0 Å². The number of anilines is 1. The molecule has 0 bridgehead atoms. The standard InChI is InChI=1S/C14H23N3O3S/c1-3-21(19,20)16(2)11-14(18)8-6-10-17(12-14)13-7-4-5-9-15-13/h4-5,7,9,18H,3,6,8,10-12H2,1-2H3. The maximum absolute atomic E-state index is 11.9. The summed E-state index contributed by atoms with van der Waals surface area (Å²) in [6.07, 6.45) is 3.13. The van der Waals surface area contributed by atoms with E-state index < -0.39 is 15.6 Å². The van der Waals surface area contributed by atoms with Gasteiger partial charge < -0.3 is 10.0 Å². The van der Waals surface area contributed by atoms with Gasteiger partial charge in [-0.3, -0.25) is 0 Å². The second-order valence-electron chi connectivity index (χ2n) is 5.59. The van der Waals surface area contributed by atoms with Crippen LogP contribution in [0.25, 0.3) is 0 Å². The third-order valence-electron chi connectivity index (χ3n) is 3.89. The van der Waals surface area contributed by atoms with Gasteiger partial charge in [0.15, 0.2) is 0 Å². The number of β-amino-alcohol motifs (C(OH)–C–C–N with tert-alkyl or cyclic N) is 1. The van der Waals surface area contributed by atoms with Crippen LogP contribution in [0.3, 0.4) is 0 Å². The monoisotopic (exact) mass is 313 g/mol. The molecule has 118 valence electrons. The third-order valence-corrected chi connectivity index (χ3v) is 5.69. The van der Waals surface area contributed by atoms with Crippen LogP contribution < -0.4 is 4.90 Å². The van der Waals surface area contributed by atoms with E-state index in [-0.39, 0.29) is 12.3 Å². The van der Waals surface area contributed by atoms with E-state index in [9.17, 15) is 13.5 Å². The number of piperidine rings is 1. The van der Waals surface area contributed by atoms with Crippen LogP contribution in [0.15, 0.2) is 24.4 Å². The van der Waals surface area contributed by atoms with Crippen LogP contribution >= 0.6 is 0 Å². The lowest BCUT2D eigenvalue weighted by molar-refractivity contribution is 0.0132. The van der Waals surface area contributed by atoms with Gasteiger partial charge in [-0.05, 0) is 31.9 Å². The minimum atomic E-state index is -3.28. The number of aliphatic hydroxyl groups is 1. The van der Waals surface area contributed by atoms with E-state index in [1.165, 1.54) is 11.4 Å². The second kappa shape index (κ2) is 6.29. The normalized spacial score (nSPS) is 23.5. The van der Waals surface area contributed by atoms with E-state index in [0.29, 0.717) is 13.0 Å². The van der Waals surface area contributed by atoms with Gasteiger partial charge in [0.1, 0.15) is 5.82 Å². The molecule has 1 fully saturated rings. The highest BCUT2D eigenvalue weighted by Crippen LogP contribution is 2.26. The number of likely N-dealkylation sites (N-methyl/N-ethyl adjacent to an activating group) is 1. The van der Waals surface area contributed by atoms with Crippen molar-refractivity contribution in [2.24, 2.45) is 0 Å². The Kier molecular flexibility index (Phi) is 4.85. The van der Waals surface area contributed by atoms with Gasteiger partial charge in [-0.25, -0.2) is 17.7 Å². The van der Waals surface area contributed by atoms with Crippen molar-refractivity contribution in [3.8, 4) is 0 Å². The molecular formula is C14H23N3O3S. The average molecular weight is 313 g/mol.